The molecule has 1 atom stereocenters. The van der Waals surface area contributed by atoms with E-state index in [0.29, 0.717) is 0 Å². The minimum absolute atomic E-state index is 0.208. The van der Waals surface area contributed by atoms with Crippen molar-refractivity contribution in [2.75, 3.05) is 0 Å². The molecule has 0 bridgehead atoms. The van der Waals surface area contributed by atoms with Crippen LogP contribution in [0.15, 0.2) is 11.5 Å². The van der Waals surface area contributed by atoms with Crippen LogP contribution in [0, 0.1) is 5.41 Å². The molecule has 0 aromatic rings. The van der Waals surface area contributed by atoms with E-state index in [-0.39, 0.29) is 5.41 Å². The second-order valence-corrected chi connectivity index (χ2v) is 4.06. The largest absolute Gasteiger partial charge is 0.0901 e. The lowest BCUT2D eigenvalue weighted by Crippen LogP contribution is -2.15. The number of hydrogen-bond acceptors (Lipinski definition) is 2. The van der Waals surface area contributed by atoms with Crippen LogP contribution in [0.3, 0.4) is 0 Å². The molecular weight excluding hydrogens is 148 g/mol. The molecule has 0 spiro atoms. The topological polar surface area (TPSA) is 0 Å². The van der Waals surface area contributed by atoms with Crippen LogP contribution in [0.4, 0.5) is 0 Å². The van der Waals surface area contributed by atoms with Crippen molar-refractivity contribution in [2.24, 2.45) is 5.41 Å². The van der Waals surface area contributed by atoms with E-state index >= 15 is 0 Å². The van der Waals surface area contributed by atoms with Gasteiger partial charge in [-0.15, -0.1) is 0 Å². The number of thioether (sulfide) groups is 1. The molecule has 1 aliphatic heterocycles. The van der Waals surface area contributed by atoms with Crippen LogP contribution >= 0.6 is 24.0 Å². The predicted octanol–water partition coefficient (Wildman–Crippen LogP) is 2.99. The van der Waals surface area contributed by atoms with Gasteiger partial charge in [0, 0.05) is 5.41 Å². The highest BCUT2D eigenvalue weighted by Crippen LogP contribution is 2.37. The second kappa shape index (κ2) is 2.43. The van der Waals surface area contributed by atoms with Gasteiger partial charge in [0.05, 0.1) is 4.20 Å². The Hall–Kier alpha value is 0.180. The quantitative estimate of drug-likeness (QED) is 0.538. The third-order valence-electron chi connectivity index (χ3n) is 1.81. The SMILES string of the molecule is CCC1(C)C=CSC1=S. The molecule has 9 heavy (non-hydrogen) atoms. The Morgan fingerprint density at radius 3 is 2.67 bits per heavy atom. The van der Waals surface area contributed by atoms with E-state index < -0.39 is 0 Å². The van der Waals surface area contributed by atoms with Gasteiger partial charge in [-0.1, -0.05) is 43.9 Å². The number of hydrogen-bond donors (Lipinski definition) is 0. The Balaban J connectivity index is 2.78. The Bertz CT molecular complexity index is 160. The van der Waals surface area contributed by atoms with E-state index in [1.807, 2.05) is 0 Å². The lowest BCUT2D eigenvalue weighted by Gasteiger charge is -2.18. The van der Waals surface area contributed by atoms with Crippen LogP contribution in [0.25, 0.3) is 0 Å². The average molecular weight is 158 g/mol. The van der Waals surface area contributed by atoms with Gasteiger partial charge in [-0.25, -0.2) is 0 Å². The van der Waals surface area contributed by atoms with Crippen LogP contribution in [0.5, 0.6) is 0 Å². The first-order chi connectivity index (χ1) is 4.19. The van der Waals surface area contributed by atoms with Crippen LogP contribution in [-0.4, -0.2) is 4.20 Å². The Morgan fingerprint density at radius 1 is 1.78 bits per heavy atom. The molecule has 1 heterocycles. The summed E-state index contributed by atoms with van der Waals surface area (Å²) in [5.41, 5.74) is 0.208. The fraction of sp³-hybridized carbons (Fsp3) is 0.571. The predicted molar refractivity (Wildman–Crippen MR) is 47.7 cm³/mol. The first-order valence-corrected chi connectivity index (χ1v) is 4.36. The summed E-state index contributed by atoms with van der Waals surface area (Å²) in [6.07, 6.45) is 3.31. The number of rotatable bonds is 1. The Kier molecular flexibility index (Phi) is 1.97. The first kappa shape index (κ1) is 7.29. The molecule has 0 amide bonds. The normalized spacial score (nSPS) is 33.8. The van der Waals surface area contributed by atoms with Gasteiger partial charge in [0.15, 0.2) is 0 Å². The maximum atomic E-state index is 5.15. The summed E-state index contributed by atoms with van der Waals surface area (Å²) >= 11 is 6.83. The zero-order valence-electron chi connectivity index (χ0n) is 5.68. The lowest BCUT2D eigenvalue weighted by molar-refractivity contribution is 0.593. The van der Waals surface area contributed by atoms with E-state index in [2.05, 4.69) is 25.3 Å². The molecule has 1 rings (SSSR count). The highest BCUT2D eigenvalue weighted by Gasteiger charge is 2.27. The van der Waals surface area contributed by atoms with Gasteiger partial charge in [-0.2, -0.15) is 0 Å². The minimum atomic E-state index is 0.208. The van der Waals surface area contributed by atoms with Gasteiger partial charge in [0.25, 0.3) is 0 Å². The molecule has 0 aliphatic carbocycles. The van der Waals surface area contributed by atoms with Crippen LogP contribution in [0.2, 0.25) is 0 Å². The molecular formula is C7H10S2. The van der Waals surface area contributed by atoms with Crippen molar-refractivity contribution in [1.82, 2.24) is 0 Å². The summed E-state index contributed by atoms with van der Waals surface area (Å²) in [6.45, 7) is 4.36. The van der Waals surface area contributed by atoms with Gasteiger partial charge < -0.3 is 0 Å². The molecule has 0 aromatic carbocycles. The summed E-state index contributed by atoms with van der Waals surface area (Å²) in [5.74, 6) is 0. The molecule has 0 saturated carbocycles. The van der Waals surface area contributed by atoms with Crippen molar-refractivity contribution in [3.8, 4) is 0 Å². The van der Waals surface area contributed by atoms with E-state index in [1.54, 1.807) is 11.8 Å². The van der Waals surface area contributed by atoms with E-state index in [0.717, 1.165) is 10.6 Å². The van der Waals surface area contributed by atoms with Crippen molar-refractivity contribution in [1.29, 1.82) is 0 Å². The molecule has 0 saturated heterocycles. The minimum Gasteiger partial charge on any atom is -0.0901 e. The molecule has 50 valence electrons. The number of thiocarbonyl (C=S) groups is 1. The molecule has 2 heteroatoms. The molecule has 0 aromatic heterocycles. The third kappa shape index (κ3) is 1.19. The molecule has 0 fully saturated rings. The van der Waals surface area contributed by atoms with Gasteiger partial charge in [-0.3, -0.25) is 0 Å². The summed E-state index contributed by atoms with van der Waals surface area (Å²) in [5, 5.41) is 2.09. The zero-order chi connectivity index (χ0) is 6.91. The lowest BCUT2D eigenvalue weighted by atomic mass is 9.91. The first-order valence-electron chi connectivity index (χ1n) is 3.08. The molecule has 1 unspecified atom stereocenters. The molecule has 1 aliphatic rings. The zero-order valence-corrected chi connectivity index (χ0v) is 7.31. The van der Waals surface area contributed by atoms with Crippen molar-refractivity contribution in [3.05, 3.63) is 11.5 Å². The third-order valence-corrected chi connectivity index (χ3v) is 3.52. The summed E-state index contributed by atoms with van der Waals surface area (Å²) in [7, 11) is 0. The Labute approximate surface area is 65.7 Å². The van der Waals surface area contributed by atoms with E-state index in [1.165, 1.54) is 0 Å². The highest BCUT2D eigenvalue weighted by atomic mass is 32.2. The monoisotopic (exact) mass is 158 g/mol. The molecule has 0 nitrogen and oxygen atoms in total. The van der Waals surface area contributed by atoms with Crippen molar-refractivity contribution in [3.63, 3.8) is 0 Å². The smallest absolute Gasteiger partial charge is 0.0617 e. The van der Waals surface area contributed by atoms with Crippen molar-refractivity contribution < 1.29 is 0 Å². The maximum Gasteiger partial charge on any atom is 0.0617 e. The van der Waals surface area contributed by atoms with E-state index in [9.17, 15) is 0 Å². The second-order valence-electron chi connectivity index (χ2n) is 2.48. The van der Waals surface area contributed by atoms with Crippen molar-refractivity contribution in [2.45, 2.75) is 20.3 Å². The summed E-state index contributed by atoms with van der Waals surface area (Å²) in [4.78, 5) is 0. The summed E-state index contributed by atoms with van der Waals surface area (Å²) in [6, 6.07) is 0. The van der Waals surface area contributed by atoms with Crippen LogP contribution in [0.1, 0.15) is 20.3 Å². The maximum absolute atomic E-state index is 5.15. The van der Waals surface area contributed by atoms with Gasteiger partial charge in [-0.05, 0) is 11.8 Å². The van der Waals surface area contributed by atoms with Crippen molar-refractivity contribution >= 4 is 28.2 Å². The van der Waals surface area contributed by atoms with E-state index in [4.69, 9.17) is 12.2 Å². The Morgan fingerprint density at radius 2 is 2.44 bits per heavy atom. The molecule has 0 N–H and O–H groups in total. The van der Waals surface area contributed by atoms with Crippen LogP contribution < -0.4 is 0 Å². The van der Waals surface area contributed by atoms with Gasteiger partial charge in [0.2, 0.25) is 0 Å². The fourth-order valence-electron chi connectivity index (χ4n) is 0.711. The summed E-state index contributed by atoms with van der Waals surface area (Å²) < 4.78 is 1.12. The highest BCUT2D eigenvalue weighted by molar-refractivity contribution is 8.25. The average Bonchev–Trinajstić information content (AvgIpc) is 2.15. The number of allylic oxidation sites excluding steroid dienone is 1. The van der Waals surface area contributed by atoms with Gasteiger partial charge in [0.1, 0.15) is 0 Å². The fourth-order valence-corrected chi connectivity index (χ4v) is 2.06. The van der Waals surface area contributed by atoms with Crippen LogP contribution in [-0.2, 0) is 0 Å². The molecule has 0 radical (unpaired) electrons. The van der Waals surface area contributed by atoms with Gasteiger partial charge >= 0.3 is 0 Å². The standard InChI is InChI=1S/C7H10S2/c1-3-7(2)4-5-9-6(7)8/h4-5H,3H2,1-2H3.